The number of nitrogens with zero attached hydrogens (tertiary/aromatic N) is 1. The number of sulfone groups is 1. The van der Waals surface area contributed by atoms with Crippen LogP contribution < -0.4 is 0 Å². The van der Waals surface area contributed by atoms with Gasteiger partial charge in [0.15, 0.2) is 14.7 Å². The maximum atomic E-state index is 12.4. The van der Waals surface area contributed by atoms with Gasteiger partial charge in [-0.05, 0) is 6.42 Å². The van der Waals surface area contributed by atoms with E-state index in [0.29, 0.717) is 6.42 Å². The average molecular weight is 269 g/mol. The maximum Gasteiger partial charge on any atom is 0.427 e. The summed E-state index contributed by atoms with van der Waals surface area (Å²) in [6.07, 6.45) is -2.57. The molecule has 0 atom stereocenters. The molecule has 0 unspecified atom stereocenters. The van der Waals surface area contributed by atoms with Crippen LogP contribution in [-0.4, -0.2) is 20.3 Å². The molecule has 7 heteroatoms. The van der Waals surface area contributed by atoms with Gasteiger partial charge in [-0.2, -0.15) is 18.4 Å². The Balaban J connectivity index is 4.79. The van der Waals surface area contributed by atoms with Crippen LogP contribution in [0, 0.1) is 11.3 Å². The number of unbranched alkanes of at least 4 members (excludes halogenated alkanes) is 3. The van der Waals surface area contributed by atoms with Crippen LogP contribution in [0.25, 0.3) is 0 Å². The molecule has 0 amide bonds. The second kappa shape index (κ2) is 6.64. The number of alkyl halides is 3. The first-order chi connectivity index (χ1) is 7.75. The Morgan fingerprint density at radius 3 is 2.29 bits per heavy atom. The van der Waals surface area contributed by atoms with Crippen molar-refractivity contribution < 1.29 is 21.6 Å². The van der Waals surface area contributed by atoms with Crippen molar-refractivity contribution in [3.63, 3.8) is 0 Å². The molecule has 0 aliphatic heterocycles. The maximum absolute atomic E-state index is 12.4. The molecule has 0 aromatic carbocycles. The molecule has 0 N–H and O–H groups in total. The van der Waals surface area contributed by atoms with Gasteiger partial charge in [0.2, 0.25) is 0 Å². The number of hydrogen-bond donors (Lipinski definition) is 0. The minimum Gasteiger partial charge on any atom is -0.224 e. The van der Waals surface area contributed by atoms with Crippen molar-refractivity contribution in [2.75, 3.05) is 5.75 Å². The predicted molar refractivity (Wildman–Crippen MR) is 57.7 cm³/mol. The van der Waals surface area contributed by atoms with E-state index in [1.165, 1.54) is 0 Å². The second-order valence-electron chi connectivity index (χ2n) is 3.51. The molecule has 0 bridgehead atoms. The van der Waals surface area contributed by atoms with Crippen molar-refractivity contribution in [3.8, 4) is 6.07 Å². The van der Waals surface area contributed by atoms with E-state index in [4.69, 9.17) is 5.26 Å². The molecular formula is C10H14F3NO2S. The summed E-state index contributed by atoms with van der Waals surface area (Å²) in [7, 11) is -4.41. The standard InChI is InChI=1S/C10H14F3NO2S/c1-2-3-4-5-8-17(15,16)9(6-7-14)10(11,12)13/h6H,2-5,8H2,1H3. The Hall–Kier alpha value is -1.03. The molecule has 3 nitrogen and oxygen atoms in total. The lowest BCUT2D eigenvalue weighted by Gasteiger charge is -2.11. The van der Waals surface area contributed by atoms with Crippen LogP contribution in [0.15, 0.2) is 11.0 Å². The Bertz CT molecular complexity index is 404. The molecule has 0 saturated carbocycles. The third-order valence-electron chi connectivity index (χ3n) is 2.08. The Kier molecular flexibility index (Phi) is 6.24. The Labute approximate surface area is 98.8 Å². The largest absolute Gasteiger partial charge is 0.427 e. The zero-order chi connectivity index (χ0) is 13.5. The minimum atomic E-state index is -5.00. The highest BCUT2D eigenvalue weighted by Gasteiger charge is 2.42. The van der Waals surface area contributed by atoms with Crippen LogP contribution >= 0.6 is 0 Å². The van der Waals surface area contributed by atoms with E-state index >= 15 is 0 Å². The zero-order valence-corrected chi connectivity index (χ0v) is 10.2. The van der Waals surface area contributed by atoms with Gasteiger partial charge in [0.1, 0.15) is 0 Å². The molecule has 0 saturated heterocycles. The summed E-state index contributed by atoms with van der Waals surface area (Å²) in [5.74, 6) is -0.569. The highest BCUT2D eigenvalue weighted by atomic mass is 32.2. The Morgan fingerprint density at radius 2 is 1.88 bits per heavy atom. The van der Waals surface area contributed by atoms with Crippen molar-refractivity contribution in [2.24, 2.45) is 0 Å². The normalized spacial score (nSPS) is 13.5. The van der Waals surface area contributed by atoms with Crippen molar-refractivity contribution in [1.29, 1.82) is 5.26 Å². The van der Waals surface area contributed by atoms with Gasteiger partial charge in [-0.1, -0.05) is 26.2 Å². The van der Waals surface area contributed by atoms with Crippen molar-refractivity contribution in [1.82, 2.24) is 0 Å². The molecular weight excluding hydrogens is 255 g/mol. The number of hydrogen-bond acceptors (Lipinski definition) is 3. The summed E-state index contributed by atoms with van der Waals surface area (Å²) in [5, 5.41) is 8.18. The fourth-order valence-corrected chi connectivity index (χ4v) is 2.62. The van der Waals surface area contributed by atoms with E-state index in [1.54, 1.807) is 0 Å². The Morgan fingerprint density at radius 1 is 1.29 bits per heavy atom. The van der Waals surface area contributed by atoms with Gasteiger partial charge in [-0.3, -0.25) is 0 Å². The lowest BCUT2D eigenvalue weighted by molar-refractivity contribution is -0.0844. The zero-order valence-electron chi connectivity index (χ0n) is 9.42. The number of allylic oxidation sites excluding steroid dienone is 2. The highest BCUT2D eigenvalue weighted by Crippen LogP contribution is 2.30. The summed E-state index contributed by atoms with van der Waals surface area (Å²) in [5.41, 5.74) is 0. The van der Waals surface area contributed by atoms with Crippen LogP contribution in [0.5, 0.6) is 0 Å². The van der Waals surface area contributed by atoms with Gasteiger partial charge in [0.25, 0.3) is 0 Å². The van der Waals surface area contributed by atoms with Gasteiger partial charge in [0.05, 0.1) is 11.8 Å². The van der Waals surface area contributed by atoms with Crippen molar-refractivity contribution in [2.45, 2.75) is 38.8 Å². The lowest BCUT2D eigenvalue weighted by Crippen LogP contribution is -2.22. The van der Waals surface area contributed by atoms with E-state index in [-0.39, 0.29) is 12.5 Å². The molecule has 0 radical (unpaired) electrons. The van der Waals surface area contributed by atoms with Crippen LogP contribution in [-0.2, 0) is 9.84 Å². The molecule has 0 rings (SSSR count). The molecule has 0 aromatic heterocycles. The smallest absolute Gasteiger partial charge is 0.224 e. The van der Waals surface area contributed by atoms with Gasteiger partial charge >= 0.3 is 6.18 Å². The van der Waals surface area contributed by atoms with E-state index in [9.17, 15) is 21.6 Å². The summed E-state index contributed by atoms with van der Waals surface area (Å²) < 4.78 is 59.9. The molecule has 0 aromatic rings. The van der Waals surface area contributed by atoms with E-state index in [0.717, 1.165) is 18.9 Å². The minimum absolute atomic E-state index is 0.0507. The first-order valence-electron chi connectivity index (χ1n) is 5.15. The SMILES string of the molecule is CCCCCCS(=O)(=O)C(=CC#N)C(F)(F)F. The first kappa shape index (κ1) is 16.0. The molecule has 0 spiro atoms. The molecule has 0 aliphatic rings. The van der Waals surface area contributed by atoms with Crippen LogP contribution in [0.4, 0.5) is 13.2 Å². The third kappa shape index (κ3) is 5.73. The van der Waals surface area contributed by atoms with Gasteiger partial charge < -0.3 is 0 Å². The third-order valence-corrected chi connectivity index (χ3v) is 3.92. The molecule has 0 fully saturated rings. The first-order valence-corrected chi connectivity index (χ1v) is 6.80. The molecule has 17 heavy (non-hydrogen) atoms. The summed E-state index contributed by atoms with van der Waals surface area (Å²) in [6.45, 7) is 1.91. The summed E-state index contributed by atoms with van der Waals surface area (Å²) in [4.78, 5) is -1.75. The van der Waals surface area contributed by atoms with Crippen LogP contribution in [0.1, 0.15) is 32.6 Å². The van der Waals surface area contributed by atoms with E-state index in [2.05, 4.69) is 0 Å². The number of nitriles is 1. The fraction of sp³-hybridized carbons (Fsp3) is 0.700. The predicted octanol–water partition coefficient (Wildman–Crippen LogP) is 2.95. The highest BCUT2D eigenvalue weighted by molar-refractivity contribution is 7.95. The quantitative estimate of drug-likeness (QED) is 0.550. The van der Waals surface area contributed by atoms with Gasteiger partial charge in [-0.25, -0.2) is 8.42 Å². The van der Waals surface area contributed by atoms with Crippen LogP contribution in [0.2, 0.25) is 0 Å². The van der Waals surface area contributed by atoms with Crippen LogP contribution in [0.3, 0.4) is 0 Å². The van der Waals surface area contributed by atoms with Crippen molar-refractivity contribution >= 4 is 9.84 Å². The second-order valence-corrected chi connectivity index (χ2v) is 5.59. The van der Waals surface area contributed by atoms with Gasteiger partial charge in [-0.15, -0.1) is 0 Å². The van der Waals surface area contributed by atoms with Crippen molar-refractivity contribution in [3.05, 3.63) is 11.0 Å². The molecule has 0 heterocycles. The van der Waals surface area contributed by atoms with E-state index in [1.807, 2.05) is 6.92 Å². The molecule has 0 aliphatic carbocycles. The lowest BCUT2D eigenvalue weighted by atomic mass is 10.2. The number of halogens is 3. The number of rotatable bonds is 6. The van der Waals surface area contributed by atoms with Gasteiger partial charge in [0, 0.05) is 6.08 Å². The summed E-state index contributed by atoms with van der Waals surface area (Å²) in [6, 6.07) is 1.12. The fourth-order valence-electron chi connectivity index (χ4n) is 1.24. The van der Waals surface area contributed by atoms with E-state index < -0.39 is 26.7 Å². The summed E-state index contributed by atoms with van der Waals surface area (Å²) >= 11 is 0. The topological polar surface area (TPSA) is 57.9 Å². The molecule has 98 valence electrons. The monoisotopic (exact) mass is 269 g/mol. The average Bonchev–Trinajstić information content (AvgIpc) is 2.19.